The molecule has 0 radical (unpaired) electrons. The molecule has 90 valence electrons. The molecule has 0 unspecified atom stereocenters. The minimum Gasteiger partial charge on any atom is -0.206 e. The van der Waals surface area contributed by atoms with Gasteiger partial charge in [0.25, 0.3) is 10.0 Å². The van der Waals surface area contributed by atoms with E-state index in [2.05, 4.69) is 20.7 Å². The first-order valence-corrected chi connectivity index (χ1v) is 7.46. The van der Waals surface area contributed by atoms with Gasteiger partial charge in [-0.05, 0) is 12.8 Å². The Kier molecular flexibility index (Phi) is 4.49. The second-order valence-corrected chi connectivity index (χ2v) is 6.09. The minimum atomic E-state index is -4.48. The van der Waals surface area contributed by atoms with Crippen LogP contribution in [0.3, 0.4) is 0 Å². The molecule has 7 heteroatoms. The van der Waals surface area contributed by atoms with Crippen LogP contribution in [0.25, 0.3) is 0 Å². The third-order valence-electron chi connectivity index (χ3n) is 2.66. The topological polar surface area (TPSA) is 46.2 Å². The Hall–Kier alpha value is 0.250. The molecule has 1 aliphatic carbocycles. The van der Waals surface area contributed by atoms with E-state index in [0.717, 1.165) is 19.3 Å². The van der Waals surface area contributed by atoms with Gasteiger partial charge in [-0.2, -0.15) is 8.78 Å². The van der Waals surface area contributed by atoms with Crippen LogP contribution in [-0.4, -0.2) is 25.0 Å². The zero-order valence-electron chi connectivity index (χ0n) is 8.18. The highest BCUT2D eigenvalue weighted by atomic mass is 79.9. The summed E-state index contributed by atoms with van der Waals surface area (Å²) < 4.78 is 48.7. The van der Waals surface area contributed by atoms with E-state index in [1.54, 1.807) is 0 Å². The predicted octanol–water partition coefficient (Wildman–Crippen LogP) is 2.23. The number of hydrogen-bond acceptors (Lipinski definition) is 2. The van der Waals surface area contributed by atoms with Crippen molar-refractivity contribution in [2.45, 2.75) is 43.4 Å². The molecule has 1 aliphatic rings. The highest BCUT2D eigenvalue weighted by Crippen LogP contribution is 2.31. The molecule has 1 saturated carbocycles. The fraction of sp³-hybridized carbons (Fsp3) is 1.00. The standard InChI is InChI=1S/C8H14BrF2NO2S/c9-6-8(4-2-1-3-5-8)12-15(13,14)7(10)11/h7,12H,1-6H2. The fourth-order valence-corrected chi connectivity index (χ4v) is 3.69. The number of nitrogens with one attached hydrogen (secondary N) is 1. The zero-order chi connectivity index (χ0) is 11.5. The highest BCUT2D eigenvalue weighted by Gasteiger charge is 2.38. The number of rotatable bonds is 4. The Morgan fingerprint density at radius 3 is 2.20 bits per heavy atom. The summed E-state index contributed by atoms with van der Waals surface area (Å²) in [6.45, 7) is 0. The second kappa shape index (κ2) is 5.05. The van der Waals surface area contributed by atoms with Crippen molar-refractivity contribution in [1.29, 1.82) is 0 Å². The molecule has 0 spiro atoms. The van der Waals surface area contributed by atoms with E-state index in [1.807, 2.05) is 0 Å². The van der Waals surface area contributed by atoms with Crippen LogP contribution in [0.1, 0.15) is 32.1 Å². The van der Waals surface area contributed by atoms with E-state index in [9.17, 15) is 17.2 Å². The van der Waals surface area contributed by atoms with Gasteiger partial charge in [0.1, 0.15) is 0 Å². The smallest absolute Gasteiger partial charge is 0.206 e. The van der Waals surface area contributed by atoms with Gasteiger partial charge in [-0.25, -0.2) is 13.1 Å². The molecule has 1 N–H and O–H groups in total. The van der Waals surface area contributed by atoms with Crippen molar-refractivity contribution in [3.8, 4) is 0 Å². The van der Waals surface area contributed by atoms with Crippen molar-refractivity contribution in [2.75, 3.05) is 5.33 Å². The van der Waals surface area contributed by atoms with E-state index in [1.165, 1.54) is 0 Å². The number of hydrogen-bond donors (Lipinski definition) is 1. The summed E-state index contributed by atoms with van der Waals surface area (Å²) in [5, 5.41) is 0.381. The van der Waals surface area contributed by atoms with Crippen LogP contribution >= 0.6 is 15.9 Å². The van der Waals surface area contributed by atoms with Gasteiger partial charge >= 0.3 is 5.76 Å². The summed E-state index contributed by atoms with van der Waals surface area (Å²) in [7, 11) is -4.48. The Morgan fingerprint density at radius 1 is 1.27 bits per heavy atom. The molecule has 0 amide bonds. The van der Waals surface area contributed by atoms with Gasteiger partial charge in [-0.1, -0.05) is 35.2 Å². The first-order chi connectivity index (χ1) is 6.92. The van der Waals surface area contributed by atoms with Crippen LogP contribution in [0.5, 0.6) is 0 Å². The maximum Gasteiger partial charge on any atom is 0.350 e. The lowest BCUT2D eigenvalue weighted by Gasteiger charge is -2.35. The highest BCUT2D eigenvalue weighted by molar-refractivity contribution is 9.09. The zero-order valence-corrected chi connectivity index (χ0v) is 10.6. The van der Waals surface area contributed by atoms with Gasteiger partial charge in [-0.15, -0.1) is 0 Å². The van der Waals surface area contributed by atoms with Crippen molar-refractivity contribution in [3.63, 3.8) is 0 Å². The van der Waals surface area contributed by atoms with Gasteiger partial charge in [0, 0.05) is 10.9 Å². The average molecular weight is 306 g/mol. The number of halogens is 3. The fourth-order valence-electron chi connectivity index (χ4n) is 1.84. The summed E-state index contributed by atoms with van der Waals surface area (Å²) >= 11 is 3.20. The Balaban J connectivity index is 2.76. The molecule has 0 aromatic carbocycles. The van der Waals surface area contributed by atoms with E-state index in [4.69, 9.17) is 0 Å². The molecule has 1 fully saturated rings. The van der Waals surface area contributed by atoms with Crippen LogP contribution in [-0.2, 0) is 10.0 Å². The largest absolute Gasteiger partial charge is 0.350 e. The van der Waals surface area contributed by atoms with Gasteiger partial charge in [0.2, 0.25) is 0 Å². The Labute approximate surface area is 96.8 Å². The van der Waals surface area contributed by atoms with Crippen LogP contribution in [0, 0.1) is 0 Å². The van der Waals surface area contributed by atoms with E-state index in [0.29, 0.717) is 18.2 Å². The molecular formula is C8H14BrF2NO2S. The minimum absolute atomic E-state index is 0.381. The van der Waals surface area contributed by atoms with Gasteiger partial charge in [0.05, 0.1) is 0 Å². The molecule has 0 aromatic rings. The quantitative estimate of drug-likeness (QED) is 0.810. The molecule has 0 bridgehead atoms. The van der Waals surface area contributed by atoms with Crippen LogP contribution < -0.4 is 4.72 Å². The van der Waals surface area contributed by atoms with E-state index < -0.39 is 21.3 Å². The van der Waals surface area contributed by atoms with E-state index >= 15 is 0 Å². The summed E-state index contributed by atoms with van der Waals surface area (Å²) in [5.74, 6) is -3.35. The summed E-state index contributed by atoms with van der Waals surface area (Å²) in [6.07, 6.45) is 4.01. The lowest BCUT2D eigenvalue weighted by atomic mass is 9.84. The van der Waals surface area contributed by atoms with Crippen LogP contribution in [0.2, 0.25) is 0 Å². The average Bonchev–Trinajstić information content (AvgIpc) is 2.18. The Morgan fingerprint density at radius 2 is 1.80 bits per heavy atom. The molecule has 0 saturated heterocycles. The van der Waals surface area contributed by atoms with Gasteiger partial charge in [0.15, 0.2) is 0 Å². The lowest BCUT2D eigenvalue weighted by molar-refractivity contribution is 0.223. The third kappa shape index (κ3) is 3.35. The molecule has 0 atom stereocenters. The van der Waals surface area contributed by atoms with Crippen molar-refractivity contribution < 1.29 is 17.2 Å². The number of alkyl halides is 3. The van der Waals surface area contributed by atoms with Gasteiger partial charge in [-0.3, -0.25) is 0 Å². The molecule has 0 aliphatic heterocycles. The Bertz CT molecular complexity index is 302. The van der Waals surface area contributed by atoms with Gasteiger partial charge < -0.3 is 0 Å². The molecule has 3 nitrogen and oxygen atoms in total. The first-order valence-electron chi connectivity index (χ1n) is 4.79. The first kappa shape index (κ1) is 13.3. The maximum absolute atomic E-state index is 12.2. The summed E-state index contributed by atoms with van der Waals surface area (Å²) in [4.78, 5) is 0. The summed E-state index contributed by atoms with van der Waals surface area (Å²) in [5.41, 5.74) is -0.715. The monoisotopic (exact) mass is 305 g/mol. The van der Waals surface area contributed by atoms with Crippen molar-refractivity contribution >= 4 is 26.0 Å². The molecule has 15 heavy (non-hydrogen) atoms. The summed E-state index contributed by atoms with van der Waals surface area (Å²) in [6, 6.07) is 0. The predicted molar refractivity (Wildman–Crippen MR) is 57.7 cm³/mol. The normalized spacial score (nSPS) is 21.9. The van der Waals surface area contributed by atoms with E-state index in [-0.39, 0.29) is 0 Å². The maximum atomic E-state index is 12.2. The third-order valence-corrected chi connectivity index (χ3v) is 4.92. The van der Waals surface area contributed by atoms with Crippen LogP contribution in [0.4, 0.5) is 8.78 Å². The van der Waals surface area contributed by atoms with Crippen molar-refractivity contribution in [2.24, 2.45) is 0 Å². The van der Waals surface area contributed by atoms with Crippen molar-refractivity contribution in [3.05, 3.63) is 0 Å². The molecular weight excluding hydrogens is 292 g/mol. The molecule has 1 rings (SSSR count). The molecule has 0 heterocycles. The van der Waals surface area contributed by atoms with Crippen molar-refractivity contribution in [1.82, 2.24) is 4.72 Å². The second-order valence-electron chi connectivity index (χ2n) is 3.88. The number of sulfonamides is 1. The van der Waals surface area contributed by atoms with Crippen LogP contribution in [0.15, 0.2) is 0 Å². The lowest BCUT2D eigenvalue weighted by Crippen LogP contribution is -2.52. The SMILES string of the molecule is O=S(=O)(NC1(CBr)CCCCC1)C(F)F. The molecule has 0 aromatic heterocycles.